The van der Waals surface area contributed by atoms with Gasteiger partial charge < -0.3 is 14.7 Å². The number of fused-ring (bicyclic) bond motifs is 1. The third kappa shape index (κ3) is 4.70. The summed E-state index contributed by atoms with van der Waals surface area (Å²) in [7, 11) is 0. The molecule has 7 heteroatoms. The van der Waals surface area contributed by atoms with E-state index >= 15 is 0 Å². The molecule has 0 N–H and O–H groups in total. The molecule has 0 spiro atoms. The maximum absolute atomic E-state index is 13.9. The van der Waals surface area contributed by atoms with Crippen LogP contribution in [0.3, 0.4) is 0 Å². The second-order valence-corrected chi connectivity index (χ2v) is 9.70. The highest BCUT2D eigenvalue weighted by Gasteiger charge is 2.34. The Kier molecular flexibility index (Phi) is 6.72. The van der Waals surface area contributed by atoms with E-state index in [9.17, 15) is 18.8 Å². The Balaban J connectivity index is 1.21. The molecule has 3 aromatic rings. The van der Waals surface area contributed by atoms with Crippen LogP contribution in [0, 0.1) is 18.7 Å². The average Bonchev–Trinajstić information content (AvgIpc) is 2.93. The molecular formula is C29H30FN3O3. The number of nitrogens with zero attached hydrogens (tertiary/aromatic N) is 3. The minimum atomic E-state index is -0.394. The van der Waals surface area contributed by atoms with Gasteiger partial charge in [-0.25, -0.2) is 4.39 Å². The molecule has 2 aliphatic heterocycles. The number of halogens is 1. The number of benzene rings is 3. The highest BCUT2D eigenvalue weighted by atomic mass is 19.1. The molecule has 3 aromatic carbocycles. The molecule has 0 radical (unpaired) electrons. The monoisotopic (exact) mass is 487 g/mol. The number of hydrogen-bond acceptors (Lipinski definition) is 3. The summed E-state index contributed by atoms with van der Waals surface area (Å²) in [6, 6.07) is 18.1. The summed E-state index contributed by atoms with van der Waals surface area (Å²) in [4.78, 5) is 44.8. The predicted octanol–water partition coefficient (Wildman–Crippen LogP) is 4.12. The topological polar surface area (TPSA) is 60.9 Å². The van der Waals surface area contributed by atoms with Crippen molar-refractivity contribution in [3.8, 4) is 0 Å². The molecule has 5 rings (SSSR count). The molecule has 0 saturated carbocycles. The van der Waals surface area contributed by atoms with E-state index < -0.39 is 5.82 Å². The average molecular weight is 488 g/mol. The molecule has 186 valence electrons. The molecule has 1 unspecified atom stereocenters. The van der Waals surface area contributed by atoms with Crippen LogP contribution in [0.25, 0.3) is 10.8 Å². The second-order valence-electron chi connectivity index (χ2n) is 9.70. The Hall–Kier alpha value is -3.74. The molecule has 0 aromatic heterocycles. The number of likely N-dealkylation sites (tertiary alicyclic amines) is 1. The minimum absolute atomic E-state index is 0.0370. The maximum atomic E-state index is 13.9. The van der Waals surface area contributed by atoms with E-state index in [1.54, 1.807) is 33.8 Å². The number of amides is 3. The fourth-order valence-electron chi connectivity index (χ4n) is 5.24. The van der Waals surface area contributed by atoms with Crippen molar-refractivity contribution in [3.05, 3.63) is 83.2 Å². The van der Waals surface area contributed by atoms with E-state index in [1.807, 2.05) is 42.5 Å². The predicted molar refractivity (Wildman–Crippen MR) is 136 cm³/mol. The zero-order valence-electron chi connectivity index (χ0n) is 20.5. The zero-order chi connectivity index (χ0) is 25.2. The van der Waals surface area contributed by atoms with E-state index in [0.717, 1.165) is 23.6 Å². The van der Waals surface area contributed by atoms with Crippen molar-refractivity contribution in [1.29, 1.82) is 0 Å². The number of aryl methyl sites for hydroxylation is 1. The molecule has 2 fully saturated rings. The first-order chi connectivity index (χ1) is 17.4. The summed E-state index contributed by atoms with van der Waals surface area (Å²) in [5, 5.41) is 1.95. The van der Waals surface area contributed by atoms with Gasteiger partial charge in [-0.15, -0.1) is 0 Å². The largest absolute Gasteiger partial charge is 0.339 e. The van der Waals surface area contributed by atoms with Gasteiger partial charge in [-0.2, -0.15) is 0 Å². The van der Waals surface area contributed by atoms with E-state index in [4.69, 9.17) is 0 Å². The molecule has 6 nitrogen and oxygen atoms in total. The van der Waals surface area contributed by atoms with Gasteiger partial charge >= 0.3 is 0 Å². The summed E-state index contributed by atoms with van der Waals surface area (Å²) in [6.45, 7) is 4.40. The van der Waals surface area contributed by atoms with Crippen molar-refractivity contribution in [3.63, 3.8) is 0 Å². The summed E-state index contributed by atoms with van der Waals surface area (Å²) >= 11 is 0. The molecular weight excluding hydrogens is 457 g/mol. The first-order valence-electron chi connectivity index (χ1n) is 12.5. The summed E-state index contributed by atoms with van der Waals surface area (Å²) in [5.41, 5.74) is 1.50. The van der Waals surface area contributed by atoms with E-state index in [2.05, 4.69) is 0 Å². The number of carbonyl (C=O) groups is 3. The van der Waals surface area contributed by atoms with Gasteiger partial charge in [0.15, 0.2) is 0 Å². The van der Waals surface area contributed by atoms with E-state index in [1.165, 1.54) is 6.07 Å². The Morgan fingerprint density at radius 2 is 1.53 bits per heavy atom. The van der Waals surface area contributed by atoms with Gasteiger partial charge in [0, 0.05) is 50.4 Å². The van der Waals surface area contributed by atoms with Crippen molar-refractivity contribution >= 4 is 28.5 Å². The van der Waals surface area contributed by atoms with E-state index in [-0.39, 0.29) is 23.6 Å². The lowest BCUT2D eigenvalue weighted by Gasteiger charge is -2.39. The maximum Gasteiger partial charge on any atom is 0.254 e. The zero-order valence-corrected chi connectivity index (χ0v) is 20.5. The molecule has 3 amide bonds. The standard InChI is InChI=1S/C29H30FN3O3/c1-20-11-12-22(18-26(20)30)27(34)31-14-16-32(17-15-31)28(35)23-8-5-13-33(19-23)29(36)25-10-4-7-21-6-2-3-9-24(21)25/h2-4,6-7,9-12,18,23H,5,8,13-17,19H2,1H3. The lowest BCUT2D eigenvalue weighted by Crippen LogP contribution is -2.54. The molecule has 1 atom stereocenters. The molecule has 0 aliphatic carbocycles. The highest BCUT2D eigenvalue weighted by Crippen LogP contribution is 2.25. The number of rotatable bonds is 3. The number of hydrogen-bond donors (Lipinski definition) is 0. The summed E-state index contributed by atoms with van der Waals surface area (Å²) in [5.74, 6) is -0.852. The lowest BCUT2D eigenvalue weighted by molar-refractivity contribution is -0.138. The van der Waals surface area contributed by atoms with Gasteiger partial charge in [0.1, 0.15) is 5.82 Å². The van der Waals surface area contributed by atoms with Gasteiger partial charge in [-0.05, 0) is 54.3 Å². The smallest absolute Gasteiger partial charge is 0.254 e. The molecule has 2 heterocycles. The van der Waals surface area contributed by atoms with Gasteiger partial charge in [0.05, 0.1) is 5.92 Å². The van der Waals surface area contributed by atoms with Gasteiger partial charge in [0.2, 0.25) is 5.91 Å². The van der Waals surface area contributed by atoms with Crippen LogP contribution < -0.4 is 0 Å². The first kappa shape index (κ1) is 24.0. The molecule has 2 saturated heterocycles. The van der Waals surface area contributed by atoms with Crippen LogP contribution in [-0.2, 0) is 4.79 Å². The van der Waals surface area contributed by atoms with Crippen LogP contribution in [0.15, 0.2) is 60.7 Å². The van der Waals surface area contributed by atoms with Gasteiger partial charge in [0.25, 0.3) is 11.8 Å². The molecule has 2 aliphatic rings. The Morgan fingerprint density at radius 1 is 0.806 bits per heavy atom. The van der Waals surface area contributed by atoms with Crippen LogP contribution in [0.4, 0.5) is 4.39 Å². The molecule has 0 bridgehead atoms. The van der Waals surface area contributed by atoms with Crippen molar-refractivity contribution in [2.75, 3.05) is 39.3 Å². The van der Waals surface area contributed by atoms with Gasteiger partial charge in [-0.1, -0.05) is 42.5 Å². The van der Waals surface area contributed by atoms with E-state index in [0.29, 0.717) is 56.0 Å². The van der Waals surface area contributed by atoms with Crippen molar-refractivity contribution in [2.45, 2.75) is 19.8 Å². The SMILES string of the molecule is Cc1ccc(C(=O)N2CCN(C(=O)C3CCCN(C(=O)c4cccc5ccccc45)C3)CC2)cc1F. The van der Waals surface area contributed by atoms with Crippen molar-refractivity contribution < 1.29 is 18.8 Å². The quantitative estimate of drug-likeness (QED) is 0.558. The summed E-state index contributed by atoms with van der Waals surface area (Å²) in [6.07, 6.45) is 1.53. The fourth-order valence-corrected chi connectivity index (χ4v) is 5.24. The van der Waals surface area contributed by atoms with Crippen LogP contribution in [0.5, 0.6) is 0 Å². The lowest BCUT2D eigenvalue weighted by atomic mass is 9.95. The third-order valence-electron chi connectivity index (χ3n) is 7.38. The third-order valence-corrected chi connectivity index (χ3v) is 7.38. The van der Waals surface area contributed by atoms with Crippen LogP contribution in [0.1, 0.15) is 39.1 Å². The number of piperazine rings is 1. The molecule has 36 heavy (non-hydrogen) atoms. The Bertz CT molecular complexity index is 1310. The Morgan fingerprint density at radius 3 is 2.31 bits per heavy atom. The highest BCUT2D eigenvalue weighted by molar-refractivity contribution is 6.07. The van der Waals surface area contributed by atoms with Crippen molar-refractivity contribution in [2.24, 2.45) is 5.92 Å². The summed E-state index contributed by atoms with van der Waals surface area (Å²) < 4.78 is 13.9. The fraction of sp³-hybridized carbons (Fsp3) is 0.345. The van der Waals surface area contributed by atoms with Gasteiger partial charge in [-0.3, -0.25) is 14.4 Å². The van der Waals surface area contributed by atoms with Crippen LogP contribution >= 0.6 is 0 Å². The second kappa shape index (κ2) is 10.1. The number of carbonyl (C=O) groups excluding carboxylic acids is 3. The Labute approximate surface area is 210 Å². The van der Waals surface area contributed by atoms with Crippen molar-refractivity contribution in [1.82, 2.24) is 14.7 Å². The number of piperidine rings is 1. The van der Waals surface area contributed by atoms with Crippen LogP contribution in [-0.4, -0.2) is 71.7 Å². The van der Waals surface area contributed by atoms with Crippen LogP contribution in [0.2, 0.25) is 0 Å². The minimum Gasteiger partial charge on any atom is -0.339 e. The normalized spacial score (nSPS) is 18.4. The first-order valence-corrected chi connectivity index (χ1v) is 12.5.